The van der Waals surface area contributed by atoms with Crippen molar-refractivity contribution < 1.29 is 9.90 Å². The largest absolute Gasteiger partial charge is 0.387 e. The highest BCUT2D eigenvalue weighted by Crippen LogP contribution is 2.31. The van der Waals surface area contributed by atoms with Gasteiger partial charge in [-0.2, -0.15) is 0 Å². The smallest absolute Gasteiger partial charge is 0.264 e. The van der Waals surface area contributed by atoms with Crippen LogP contribution < -0.4 is 0 Å². The van der Waals surface area contributed by atoms with E-state index in [4.69, 9.17) is 11.6 Å². The van der Waals surface area contributed by atoms with Crippen LogP contribution >= 0.6 is 34.3 Å². The summed E-state index contributed by atoms with van der Waals surface area (Å²) in [5.74, 6) is 0.0350. The van der Waals surface area contributed by atoms with Gasteiger partial charge in [0.1, 0.15) is 0 Å². The maximum absolute atomic E-state index is 12.5. The first-order valence-electron chi connectivity index (χ1n) is 6.93. The molecule has 2 aromatic rings. The Morgan fingerprint density at radius 2 is 2.33 bits per heavy atom. The third-order valence-electron chi connectivity index (χ3n) is 3.79. The molecule has 3 heterocycles. The van der Waals surface area contributed by atoms with Crippen LogP contribution in [0.2, 0.25) is 4.34 Å². The Labute approximate surface area is 136 Å². The van der Waals surface area contributed by atoms with E-state index in [0.717, 1.165) is 24.3 Å². The fraction of sp³-hybridized carbons (Fsp3) is 0.400. The van der Waals surface area contributed by atoms with E-state index in [1.54, 1.807) is 23.5 Å². The van der Waals surface area contributed by atoms with Crippen molar-refractivity contribution in [2.45, 2.75) is 31.4 Å². The lowest BCUT2D eigenvalue weighted by Gasteiger charge is -2.26. The van der Waals surface area contributed by atoms with Crippen molar-refractivity contribution >= 4 is 40.2 Å². The molecule has 0 aromatic carbocycles. The van der Waals surface area contributed by atoms with Gasteiger partial charge in [-0.05, 0) is 42.8 Å². The van der Waals surface area contributed by atoms with Crippen LogP contribution in [-0.2, 0) is 0 Å². The molecule has 0 unspecified atom stereocenters. The summed E-state index contributed by atoms with van der Waals surface area (Å²) in [6, 6.07) is 7.52. The average molecular weight is 342 g/mol. The molecular weight excluding hydrogens is 326 g/mol. The van der Waals surface area contributed by atoms with Crippen LogP contribution in [0.5, 0.6) is 0 Å². The van der Waals surface area contributed by atoms with Crippen LogP contribution in [-0.4, -0.2) is 28.5 Å². The second-order valence-electron chi connectivity index (χ2n) is 5.17. The molecule has 1 fully saturated rings. The monoisotopic (exact) mass is 341 g/mol. The molecule has 21 heavy (non-hydrogen) atoms. The maximum Gasteiger partial charge on any atom is 0.264 e. The summed E-state index contributed by atoms with van der Waals surface area (Å²) < 4.78 is 0.632. The van der Waals surface area contributed by atoms with Gasteiger partial charge in [0.25, 0.3) is 5.91 Å². The van der Waals surface area contributed by atoms with Crippen LogP contribution in [0.3, 0.4) is 0 Å². The predicted molar refractivity (Wildman–Crippen MR) is 87.3 cm³/mol. The van der Waals surface area contributed by atoms with Gasteiger partial charge in [0, 0.05) is 17.5 Å². The number of carbonyl (C=O) groups is 1. The molecule has 0 bridgehead atoms. The van der Waals surface area contributed by atoms with Gasteiger partial charge in [0.05, 0.1) is 15.3 Å². The van der Waals surface area contributed by atoms with Crippen molar-refractivity contribution in [1.29, 1.82) is 0 Å². The molecule has 1 amide bonds. The molecule has 0 spiro atoms. The number of amides is 1. The van der Waals surface area contributed by atoms with Crippen molar-refractivity contribution in [1.82, 2.24) is 4.90 Å². The average Bonchev–Trinajstić information content (AvgIpc) is 3.18. The second-order valence-corrected chi connectivity index (χ2v) is 7.86. The highest BCUT2D eigenvalue weighted by Gasteiger charge is 2.32. The molecule has 0 saturated carbocycles. The third kappa shape index (κ3) is 3.31. The molecule has 0 radical (unpaired) electrons. The topological polar surface area (TPSA) is 40.5 Å². The third-order valence-corrected chi connectivity index (χ3v) is 5.98. The number of rotatable bonds is 4. The normalized spacial score (nSPS) is 19.9. The van der Waals surface area contributed by atoms with Crippen LogP contribution in [0.15, 0.2) is 29.6 Å². The maximum atomic E-state index is 12.5. The van der Waals surface area contributed by atoms with Crippen molar-refractivity contribution in [2.75, 3.05) is 6.54 Å². The Bertz CT molecular complexity index is 611. The van der Waals surface area contributed by atoms with Gasteiger partial charge < -0.3 is 10.0 Å². The summed E-state index contributed by atoms with van der Waals surface area (Å²) in [5.41, 5.74) is 0. The number of carbonyl (C=O) groups excluding carboxylic acids is 1. The number of nitrogens with zero attached hydrogens (tertiary/aromatic N) is 1. The summed E-state index contributed by atoms with van der Waals surface area (Å²) in [4.78, 5) is 16.1. The summed E-state index contributed by atoms with van der Waals surface area (Å²) in [6.45, 7) is 0.760. The van der Waals surface area contributed by atoms with E-state index < -0.39 is 6.10 Å². The number of likely N-dealkylation sites (tertiary alicyclic amines) is 1. The minimum atomic E-state index is -0.490. The van der Waals surface area contributed by atoms with E-state index in [-0.39, 0.29) is 11.9 Å². The van der Waals surface area contributed by atoms with Gasteiger partial charge in [-0.25, -0.2) is 0 Å². The molecule has 1 saturated heterocycles. The molecule has 1 aliphatic heterocycles. The Morgan fingerprint density at radius 1 is 1.48 bits per heavy atom. The fourth-order valence-corrected chi connectivity index (χ4v) is 4.50. The summed E-state index contributed by atoms with van der Waals surface area (Å²) in [5, 5.41) is 12.3. The second kappa shape index (κ2) is 6.48. The lowest BCUT2D eigenvalue weighted by molar-refractivity contribution is 0.0675. The van der Waals surface area contributed by atoms with E-state index >= 15 is 0 Å². The van der Waals surface area contributed by atoms with Gasteiger partial charge in [-0.3, -0.25) is 4.79 Å². The van der Waals surface area contributed by atoms with Gasteiger partial charge in [-0.15, -0.1) is 22.7 Å². The van der Waals surface area contributed by atoms with Gasteiger partial charge in [-0.1, -0.05) is 17.7 Å². The molecule has 3 nitrogen and oxygen atoms in total. The molecule has 1 aliphatic rings. The predicted octanol–water partition coefficient (Wildman–Crippen LogP) is 4.19. The lowest BCUT2D eigenvalue weighted by Crippen LogP contribution is -2.36. The Hall–Kier alpha value is -0.880. The van der Waals surface area contributed by atoms with E-state index in [0.29, 0.717) is 15.6 Å². The Morgan fingerprint density at radius 3 is 3.00 bits per heavy atom. The van der Waals surface area contributed by atoms with E-state index in [1.165, 1.54) is 11.3 Å². The first-order chi connectivity index (χ1) is 10.1. The molecule has 1 N–H and O–H groups in total. The van der Waals surface area contributed by atoms with Gasteiger partial charge in [0.2, 0.25) is 0 Å². The Balaban J connectivity index is 1.69. The number of thiophene rings is 2. The quantitative estimate of drug-likeness (QED) is 0.905. The zero-order valence-electron chi connectivity index (χ0n) is 11.4. The van der Waals surface area contributed by atoms with Gasteiger partial charge in [0.15, 0.2) is 0 Å². The molecule has 2 atom stereocenters. The number of hydrogen-bond acceptors (Lipinski definition) is 4. The van der Waals surface area contributed by atoms with Crippen molar-refractivity contribution in [3.05, 3.63) is 43.7 Å². The zero-order chi connectivity index (χ0) is 14.8. The zero-order valence-corrected chi connectivity index (χ0v) is 13.8. The molecule has 3 rings (SSSR count). The highest BCUT2D eigenvalue weighted by atomic mass is 35.5. The van der Waals surface area contributed by atoms with Gasteiger partial charge >= 0.3 is 0 Å². The first kappa shape index (κ1) is 15.0. The fourth-order valence-electron chi connectivity index (χ4n) is 2.77. The van der Waals surface area contributed by atoms with E-state index in [9.17, 15) is 9.90 Å². The summed E-state index contributed by atoms with van der Waals surface area (Å²) >= 11 is 8.78. The van der Waals surface area contributed by atoms with Crippen molar-refractivity contribution in [2.24, 2.45) is 0 Å². The number of halogens is 1. The Kier molecular flexibility index (Phi) is 4.64. The molecular formula is C15H16ClNO2S2. The number of aliphatic hydroxyl groups excluding tert-OH is 1. The lowest BCUT2D eigenvalue weighted by atomic mass is 10.1. The van der Waals surface area contributed by atoms with Crippen molar-refractivity contribution in [3.63, 3.8) is 0 Å². The number of hydrogen-bond donors (Lipinski definition) is 1. The number of aliphatic hydroxyl groups is 1. The molecule has 112 valence electrons. The molecule has 2 aromatic heterocycles. The van der Waals surface area contributed by atoms with Crippen LogP contribution in [0, 0.1) is 0 Å². The molecule has 6 heteroatoms. The van der Waals surface area contributed by atoms with Crippen LogP contribution in [0.4, 0.5) is 0 Å². The minimum absolute atomic E-state index is 0.0350. The standard InChI is InChI=1S/C15H16ClNO2S2/c16-14-6-5-13(21-14)15(19)17-7-1-3-10(17)9-11(18)12-4-2-8-20-12/h2,4-6,8,10-11,18H,1,3,7,9H2/t10-,11-/m0/s1. The highest BCUT2D eigenvalue weighted by molar-refractivity contribution is 7.18. The summed E-state index contributed by atoms with van der Waals surface area (Å²) in [6.07, 6.45) is 2.06. The molecule has 0 aliphatic carbocycles. The van der Waals surface area contributed by atoms with Crippen LogP contribution in [0.25, 0.3) is 0 Å². The first-order valence-corrected chi connectivity index (χ1v) is 9.00. The minimum Gasteiger partial charge on any atom is -0.387 e. The van der Waals surface area contributed by atoms with E-state index in [2.05, 4.69) is 0 Å². The van der Waals surface area contributed by atoms with Crippen LogP contribution in [0.1, 0.15) is 39.9 Å². The van der Waals surface area contributed by atoms with E-state index in [1.807, 2.05) is 22.4 Å². The SMILES string of the molecule is O=C(c1ccc(Cl)s1)N1CCC[C@H]1C[C@H](O)c1cccs1. The summed E-state index contributed by atoms with van der Waals surface area (Å²) in [7, 11) is 0. The van der Waals surface area contributed by atoms with Crippen molar-refractivity contribution in [3.8, 4) is 0 Å².